The second-order valence-corrected chi connectivity index (χ2v) is 5.99. The van der Waals surface area contributed by atoms with Gasteiger partial charge in [-0.15, -0.1) is 0 Å². The van der Waals surface area contributed by atoms with E-state index < -0.39 is 0 Å². The first-order valence-corrected chi connectivity index (χ1v) is 8.56. The molecular formula is C20H21ClFNO3. The molecule has 26 heavy (non-hydrogen) atoms. The standard InChI is InChI=1S/C20H21ClFNO3/c1-4-26-20-17(21)11-14(12-18(20)25-3)5-10-19(24)23-13(2)15-6-8-16(22)9-7-15/h5-13H,4H2,1-3H3,(H,23,24)/b10-5+. The number of carbonyl (C=O) groups is 1. The van der Waals surface area contributed by atoms with E-state index in [9.17, 15) is 9.18 Å². The Morgan fingerprint density at radius 2 is 2.00 bits per heavy atom. The lowest BCUT2D eigenvalue weighted by Gasteiger charge is -2.13. The van der Waals surface area contributed by atoms with Crippen LogP contribution in [-0.2, 0) is 4.79 Å². The molecule has 4 nitrogen and oxygen atoms in total. The van der Waals surface area contributed by atoms with Gasteiger partial charge in [0.25, 0.3) is 0 Å². The van der Waals surface area contributed by atoms with Gasteiger partial charge in [0.05, 0.1) is 24.8 Å². The van der Waals surface area contributed by atoms with Crippen LogP contribution in [0.3, 0.4) is 0 Å². The first-order chi connectivity index (χ1) is 12.4. The molecule has 1 N–H and O–H groups in total. The molecule has 2 aromatic rings. The highest BCUT2D eigenvalue weighted by molar-refractivity contribution is 6.32. The first-order valence-electron chi connectivity index (χ1n) is 8.19. The van der Waals surface area contributed by atoms with Gasteiger partial charge in [0.2, 0.25) is 5.91 Å². The molecule has 6 heteroatoms. The Morgan fingerprint density at radius 1 is 1.31 bits per heavy atom. The molecule has 0 radical (unpaired) electrons. The van der Waals surface area contributed by atoms with Gasteiger partial charge in [-0.25, -0.2) is 4.39 Å². The van der Waals surface area contributed by atoms with Crippen molar-refractivity contribution in [2.75, 3.05) is 13.7 Å². The number of rotatable bonds is 7. The van der Waals surface area contributed by atoms with Crippen LogP contribution >= 0.6 is 11.6 Å². The zero-order valence-electron chi connectivity index (χ0n) is 14.9. The normalized spacial score (nSPS) is 12.0. The van der Waals surface area contributed by atoms with Crippen LogP contribution in [0.2, 0.25) is 5.02 Å². The Hall–Kier alpha value is -2.53. The maximum Gasteiger partial charge on any atom is 0.244 e. The fourth-order valence-electron chi connectivity index (χ4n) is 2.39. The van der Waals surface area contributed by atoms with E-state index >= 15 is 0 Å². The summed E-state index contributed by atoms with van der Waals surface area (Å²) >= 11 is 6.21. The smallest absolute Gasteiger partial charge is 0.244 e. The molecule has 0 saturated carbocycles. The maximum atomic E-state index is 13.0. The molecule has 0 aliphatic carbocycles. The van der Waals surface area contributed by atoms with Crippen LogP contribution in [0.5, 0.6) is 11.5 Å². The number of nitrogens with one attached hydrogen (secondary N) is 1. The minimum Gasteiger partial charge on any atom is -0.493 e. The van der Waals surface area contributed by atoms with Crippen molar-refractivity contribution in [3.8, 4) is 11.5 Å². The maximum absolute atomic E-state index is 13.0. The molecule has 2 aromatic carbocycles. The van der Waals surface area contributed by atoms with Gasteiger partial charge < -0.3 is 14.8 Å². The predicted molar refractivity (Wildman–Crippen MR) is 101 cm³/mol. The Balaban J connectivity index is 2.07. The van der Waals surface area contributed by atoms with Crippen LogP contribution in [0, 0.1) is 5.82 Å². The summed E-state index contributed by atoms with van der Waals surface area (Å²) < 4.78 is 23.7. The number of hydrogen-bond donors (Lipinski definition) is 1. The zero-order chi connectivity index (χ0) is 19.1. The Morgan fingerprint density at radius 3 is 2.62 bits per heavy atom. The molecule has 1 unspecified atom stereocenters. The lowest BCUT2D eigenvalue weighted by Crippen LogP contribution is -2.24. The highest BCUT2D eigenvalue weighted by atomic mass is 35.5. The molecule has 0 aromatic heterocycles. The third-order valence-electron chi connectivity index (χ3n) is 3.70. The molecular weight excluding hydrogens is 357 g/mol. The van der Waals surface area contributed by atoms with Gasteiger partial charge in [-0.1, -0.05) is 23.7 Å². The zero-order valence-corrected chi connectivity index (χ0v) is 15.6. The Kier molecular flexibility index (Phi) is 7.04. The summed E-state index contributed by atoms with van der Waals surface area (Å²) in [4.78, 5) is 12.1. The van der Waals surface area contributed by atoms with Crippen LogP contribution in [0.15, 0.2) is 42.5 Å². The van der Waals surface area contributed by atoms with Crippen molar-refractivity contribution in [3.63, 3.8) is 0 Å². The molecule has 0 aliphatic rings. The largest absolute Gasteiger partial charge is 0.493 e. The van der Waals surface area contributed by atoms with Crippen molar-refractivity contribution in [2.45, 2.75) is 19.9 Å². The van der Waals surface area contributed by atoms with Gasteiger partial charge in [-0.05, 0) is 55.3 Å². The molecule has 0 spiro atoms. The van der Waals surface area contributed by atoms with E-state index in [1.807, 2.05) is 13.8 Å². The van der Waals surface area contributed by atoms with Gasteiger partial charge in [0.1, 0.15) is 5.82 Å². The summed E-state index contributed by atoms with van der Waals surface area (Å²) in [7, 11) is 1.53. The van der Waals surface area contributed by atoms with E-state index in [1.165, 1.54) is 25.3 Å². The number of halogens is 2. The van der Waals surface area contributed by atoms with Gasteiger partial charge in [0.15, 0.2) is 11.5 Å². The van der Waals surface area contributed by atoms with Gasteiger partial charge in [0, 0.05) is 6.08 Å². The van der Waals surface area contributed by atoms with Crippen molar-refractivity contribution in [2.24, 2.45) is 0 Å². The van der Waals surface area contributed by atoms with E-state index in [0.717, 1.165) is 5.56 Å². The number of hydrogen-bond acceptors (Lipinski definition) is 3. The fraction of sp³-hybridized carbons (Fsp3) is 0.250. The molecule has 0 bridgehead atoms. The van der Waals surface area contributed by atoms with Crippen LogP contribution in [0.1, 0.15) is 31.0 Å². The topological polar surface area (TPSA) is 47.6 Å². The average Bonchev–Trinajstić information content (AvgIpc) is 2.62. The first kappa shape index (κ1) is 19.8. The molecule has 0 fully saturated rings. The molecule has 0 saturated heterocycles. The molecule has 1 atom stereocenters. The van der Waals surface area contributed by atoms with Crippen LogP contribution in [0.25, 0.3) is 6.08 Å². The van der Waals surface area contributed by atoms with E-state index in [-0.39, 0.29) is 17.8 Å². The number of benzene rings is 2. The van der Waals surface area contributed by atoms with E-state index in [1.54, 1.807) is 30.3 Å². The molecule has 0 heterocycles. The van der Waals surface area contributed by atoms with Crippen molar-refractivity contribution >= 4 is 23.6 Å². The lowest BCUT2D eigenvalue weighted by atomic mass is 10.1. The molecule has 138 valence electrons. The monoisotopic (exact) mass is 377 g/mol. The molecule has 1 amide bonds. The number of amides is 1. The van der Waals surface area contributed by atoms with Gasteiger partial charge in [-0.2, -0.15) is 0 Å². The van der Waals surface area contributed by atoms with Crippen molar-refractivity contribution in [1.82, 2.24) is 5.32 Å². The van der Waals surface area contributed by atoms with Gasteiger partial charge >= 0.3 is 0 Å². The summed E-state index contributed by atoms with van der Waals surface area (Å²) in [6, 6.07) is 9.20. The minimum atomic E-state index is -0.312. The van der Waals surface area contributed by atoms with Crippen molar-refractivity contribution in [1.29, 1.82) is 0 Å². The Labute approximate surface area is 157 Å². The highest BCUT2D eigenvalue weighted by Crippen LogP contribution is 2.36. The molecule has 0 aliphatic heterocycles. The summed E-state index contributed by atoms with van der Waals surface area (Å²) in [5.74, 6) is 0.390. The summed E-state index contributed by atoms with van der Waals surface area (Å²) in [5.41, 5.74) is 1.53. The SMILES string of the molecule is CCOc1c(Cl)cc(/C=C/C(=O)NC(C)c2ccc(F)cc2)cc1OC. The average molecular weight is 378 g/mol. The van der Waals surface area contributed by atoms with Crippen LogP contribution < -0.4 is 14.8 Å². The summed E-state index contributed by atoms with van der Waals surface area (Å²) in [6.07, 6.45) is 3.04. The van der Waals surface area contributed by atoms with Crippen molar-refractivity contribution < 1.29 is 18.7 Å². The number of ether oxygens (including phenoxy) is 2. The lowest BCUT2D eigenvalue weighted by molar-refractivity contribution is -0.117. The van der Waals surface area contributed by atoms with Crippen LogP contribution in [-0.4, -0.2) is 19.6 Å². The minimum absolute atomic E-state index is 0.244. The van der Waals surface area contributed by atoms with Gasteiger partial charge in [-0.3, -0.25) is 4.79 Å². The van der Waals surface area contributed by atoms with E-state index in [4.69, 9.17) is 21.1 Å². The van der Waals surface area contributed by atoms with Crippen molar-refractivity contribution in [3.05, 3.63) is 64.4 Å². The number of carbonyl (C=O) groups excluding carboxylic acids is 1. The fourth-order valence-corrected chi connectivity index (χ4v) is 2.66. The summed E-state index contributed by atoms with van der Waals surface area (Å²) in [5, 5.41) is 3.23. The predicted octanol–water partition coefficient (Wildman–Crippen LogP) is 4.78. The number of methoxy groups -OCH3 is 1. The van der Waals surface area contributed by atoms with Crippen LogP contribution in [0.4, 0.5) is 4.39 Å². The second kappa shape index (κ2) is 9.25. The van der Waals surface area contributed by atoms with E-state index in [0.29, 0.717) is 28.7 Å². The third-order valence-corrected chi connectivity index (χ3v) is 3.98. The quantitative estimate of drug-likeness (QED) is 0.706. The second-order valence-electron chi connectivity index (χ2n) is 5.58. The summed E-state index contributed by atoms with van der Waals surface area (Å²) in [6.45, 7) is 4.15. The Bertz CT molecular complexity index is 790. The highest BCUT2D eigenvalue weighted by Gasteiger charge is 2.11. The third kappa shape index (κ3) is 5.23. The molecule has 2 rings (SSSR count). The van der Waals surface area contributed by atoms with E-state index in [2.05, 4.69) is 5.32 Å².